The van der Waals surface area contributed by atoms with Crippen molar-refractivity contribution in [3.05, 3.63) is 60.4 Å². The van der Waals surface area contributed by atoms with E-state index in [0.29, 0.717) is 12.7 Å². The molecule has 1 aromatic carbocycles. The average molecular weight is 351 g/mol. The third-order valence-electron chi connectivity index (χ3n) is 4.88. The lowest BCUT2D eigenvalue weighted by Gasteiger charge is -2.22. The molecule has 0 aliphatic carbocycles. The van der Waals surface area contributed by atoms with Crippen LogP contribution >= 0.6 is 0 Å². The van der Waals surface area contributed by atoms with E-state index < -0.39 is 0 Å². The van der Waals surface area contributed by atoms with Gasteiger partial charge < -0.3 is 24.7 Å². The highest BCUT2D eigenvalue weighted by Crippen LogP contribution is 2.35. The SMILES string of the molecule is Cn1ccc(Nc2ccc3c(c2)OCO3)cccc(C2CCNCC2)c1. The lowest BCUT2D eigenvalue weighted by atomic mass is 9.92. The molecule has 1 saturated heterocycles. The molecule has 0 radical (unpaired) electrons. The number of aromatic nitrogens is 1. The molecular formula is C21H25N3O2. The summed E-state index contributed by atoms with van der Waals surface area (Å²) in [5.74, 6) is 2.20. The Labute approximate surface area is 154 Å². The fourth-order valence-electron chi connectivity index (χ4n) is 3.46. The third kappa shape index (κ3) is 3.94. The number of nitrogens with one attached hydrogen (secondary N) is 2. The van der Waals surface area contributed by atoms with Crippen molar-refractivity contribution in [2.75, 3.05) is 25.2 Å². The van der Waals surface area contributed by atoms with Crippen molar-refractivity contribution in [3.63, 3.8) is 0 Å². The van der Waals surface area contributed by atoms with Crippen LogP contribution in [0.3, 0.4) is 0 Å². The summed E-state index contributed by atoms with van der Waals surface area (Å²) in [4.78, 5) is 0. The molecular weight excluding hydrogens is 326 g/mol. The molecule has 0 unspecified atom stereocenters. The number of benzene rings is 1. The van der Waals surface area contributed by atoms with Crippen LogP contribution in [0, 0.1) is 0 Å². The molecule has 3 heterocycles. The van der Waals surface area contributed by atoms with Gasteiger partial charge in [-0.2, -0.15) is 0 Å². The van der Waals surface area contributed by atoms with Gasteiger partial charge in [0.25, 0.3) is 0 Å². The second-order valence-electron chi connectivity index (χ2n) is 6.81. The molecule has 0 spiro atoms. The van der Waals surface area contributed by atoms with Crippen molar-refractivity contribution < 1.29 is 9.47 Å². The predicted octanol–water partition coefficient (Wildman–Crippen LogP) is 4.09. The zero-order valence-electron chi connectivity index (χ0n) is 15.1. The van der Waals surface area contributed by atoms with Crippen LogP contribution in [0.2, 0.25) is 0 Å². The van der Waals surface area contributed by atoms with E-state index in [9.17, 15) is 0 Å². The second kappa shape index (κ2) is 7.70. The van der Waals surface area contributed by atoms with Gasteiger partial charge in [0.1, 0.15) is 0 Å². The Kier molecular flexibility index (Phi) is 4.97. The molecule has 0 amide bonds. The number of fused-ring (bicyclic) bond motifs is 1. The molecule has 2 aliphatic heterocycles. The van der Waals surface area contributed by atoms with E-state index in [-0.39, 0.29) is 0 Å². The quantitative estimate of drug-likeness (QED) is 0.874. The number of anilines is 2. The highest BCUT2D eigenvalue weighted by Gasteiger charge is 2.15. The van der Waals surface area contributed by atoms with Gasteiger partial charge in [-0.15, -0.1) is 0 Å². The first kappa shape index (κ1) is 16.8. The van der Waals surface area contributed by atoms with Crippen molar-refractivity contribution in [2.24, 2.45) is 7.05 Å². The van der Waals surface area contributed by atoms with E-state index in [1.807, 2.05) is 18.2 Å². The van der Waals surface area contributed by atoms with Crippen molar-refractivity contribution in [2.45, 2.75) is 18.8 Å². The van der Waals surface area contributed by atoms with Gasteiger partial charge in [0.2, 0.25) is 6.79 Å². The lowest BCUT2D eigenvalue weighted by molar-refractivity contribution is 0.174. The number of ether oxygens (including phenoxy) is 2. The summed E-state index contributed by atoms with van der Waals surface area (Å²) in [5.41, 5.74) is 3.39. The number of nitrogens with zero attached hydrogens (tertiary/aromatic N) is 1. The molecule has 0 bridgehead atoms. The molecule has 1 fully saturated rings. The van der Waals surface area contributed by atoms with Gasteiger partial charge in [0.05, 0.1) is 0 Å². The Hall–Kier alpha value is -2.66. The number of hydrogen-bond donors (Lipinski definition) is 2. The van der Waals surface area contributed by atoms with Crippen molar-refractivity contribution in [1.82, 2.24) is 9.88 Å². The van der Waals surface area contributed by atoms with Crippen LogP contribution in [0.25, 0.3) is 0 Å². The standard InChI is InChI=1S/C21H25N3O2/c1-24-12-9-18(23-19-5-6-20-21(13-19)26-15-25-20)4-2-3-17(14-24)16-7-10-22-11-8-16/h2-6,9,12-14,16,22-23H,7-8,10-11,15H2,1H3. The lowest BCUT2D eigenvalue weighted by Crippen LogP contribution is -2.26. The van der Waals surface area contributed by atoms with Gasteiger partial charge in [-0.1, -0.05) is 12.1 Å². The fourth-order valence-corrected chi connectivity index (χ4v) is 3.46. The fraction of sp³-hybridized carbons (Fsp3) is 0.333. The van der Waals surface area contributed by atoms with E-state index in [4.69, 9.17) is 9.47 Å². The largest absolute Gasteiger partial charge is 0.454 e. The highest BCUT2D eigenvalue weighted by atomic mass is 16.7. The van der Waals surface area contributed by atoms with Crippen LogP contribution in [0.1, 0.15) is 24.3 Å². The molecule has 5 heteroatoms. The molecule has 0 saturated carbocycles. The summed E-state index contributed by atoms with van der Waals surface area (Å²) in [7, 11) is 2.08. The molecule has 0 atom stereocenters. The maximum atomic E-state index is 5.46. The van der Waals surface area contributed by atoms with Gasteiger partial charge in [-0.3, -0.25) is 0 Å². The summed E-state index contributed by atoms with van der Waals surface area (Å²) in [5, 5.41) is 6.89. The molecule has 2 aromatic rings. The number of rotatable bonds is 3. The minimum atomic E-state index is 0.292. The molecule has 1 aromatic heterocycles. The molecule has 26 heavy (non-hydrogen) atoms. The van der Waals surface area contributed by atoms with Gasteiger partial charge >= 0.3 is 0 Å². The maximum absolute atomic E-state index is 5.46. The average Bonchev–Trinajstić information content (AvgIpc) is 3.15. The van der Waals surface area contributed by atoms with Crippen molar-refractivity contribution in [3.8, 4) is 11.5 Å². The van der Waals surface area contributed by atoms with Gasteiger partial charge in [-0.05, 0) is 61.7 Å². The maximum Gasteiger partial charge on any atom is 0.231 e. The van der Waals surface area contributed by atoms with Gasteiger partial charge in [0, 0.05) is 36.9 Å². The minimum absolute atomic E-state index is 0.292. The Bertz CT molecular complexity index is 824. The summed E-state index contributed by atoms with van der Waals surface area (Å²) >= 11 is 0. The summed E-state index contributed by atoms with van der Waals surface area (Å²) in [6.07, 6.45) is 6.71. The molecule has 136 valence electrons. The first-order valence-corrected chi connectivity index (χ1v) is 9.15. The Balaban J connectivity index is 1.59. The second-order valence-corrected chi connectivity index (χ2v) is 6.81. The van der Waals surface area contributed by atoms with Crippen molar-refractivity contribution in [1.29, 1.82) is 0 Å². The zero-order chi connectivity index (χ0) is 17.8. The Morgan fingerprint density at radius 1 is 1.00 bits per heavy atom. The van der Waals surface area contributed by atoms with Crippen LogP contribution in [-0.2, 0) is 7.05 Å². The van der Waals surface area contributed by atoms with E-state index in [1.54, 1.807) is 0 Å². The topological polar surface area (TPSA) is 47.5 Å². The predicted molar refractivity (Wildman–Crippen MR) is 104 cm³/mol. The van der Waals surface area contributed by atoms with Crippen LogP contribution < -0.4 is 20.1 Å². The normalized spacial score (nSPS) is 16.2. The van der Waals surface area contributed by atoms with Gasteiger partial charge in [-0.25, -0.2) is 0 Å². The van der Waals surface area contributed by atoms with Gasteiger partial charge in [0.15, 0.2) is 11.5 Å². The monoisotopic (exact) mass is 351 g/mol. The third-order valence-corrected chi connectivity index (χ3v) is 4.88. The van der Waals surface area contributed by atoms with Crippen LogP contribution in [0.15, 0.2) is 54.9 Å². The minimum Gasteiger partial charge on any atom is -0.454 e. The van der Waals surface area contributed by atoms with Crippen molar-refractivity contribution >= 4 is 11.4 Å². The van der Waals surface area contributed by atoms with Crippen LogP contribution in [0.4, 0.5) is 11.4 Å². The molecule has 5 nitrogen and oxygen atoms in total. The molecule has 4 rings (SSSR count). The van der Waals surface area contributed by atoms with E-state index in [0.717, 1.165) is 36.0 Å². The highest BCUT2D eigenvalue weighted by molar-refractivity contribution is 5.63. The smallest absolute Gasteiger partial charge is 0.231 e. The van der Waals surface area contributed by atoms with E-state index in [2.05, 4.69) is 58.9 Å². The molecule has 2 aliphatic rings. The Morgan fingerprint density at radius 3 is 2.73 bits per heavy atom. The van der Waals surface area contributed by atoms with E-state index >= 15 is 0 Å². The first-order valence-electron chi connectivity index (χ1n) is 9.15. The first-order chi connectivity index (χ1) is 12.8. The zero-order valence-corrected chi connectivity index (χ0v) is 15.1. The van der Waals surface area contributed by atoms with E-state index in [1.165, 1.54) is 18.4 Å². The van der Waals surface area contributed by atoms with Crippen LogP contribution in [-0.4, -0.2) is 24.4 Å². The summed E-state index contributed by atoms with van der Waals surface area (Å²) in [6.45, 7) is 2.49. The Morgan fingerprint density at radius 2 is 1.85 bits per heavy atom. The summed E-state index contributed by atoms with van der Waals surface area (Å²) < 4.78 is 13.0. The number of aryl methyl sites for hydroxylation is 1. The van der Waals surface area contributed by atoms with Crippen LogP contribution in [0.5, 0.6) is 11.5 Å². The number of hydrogen-bond acceptors (Lipinski definition) is 4. The summed E-state index contributed by atoms with van der Waals surface area (Å²) in [6, 6.07) is 14.5. The number of piperidine rings is 1. The molecule has 2 N–H and O–H groups in total.